The summed E-state index contributed by atoms with van der Waals surface area (Å²) in [5.41, 5.74) is 6.74. The van der Waals surface area contributed by atoms with E-state index in [1.165, 1.54) is 5.56 Å². The second-order valence-corrected chi connectivity index (χ2v) is 5.19. The van der Waals surface area contributed by atoms with Crippen molar-refractivity contribution in [2.45, 2.75) is 33.2 Å². The second kappa shape index (κ2) is 8.94. The third kappa shape index (κ3) is 6.08. The number of rotatable bonds is 6. The highest BCUT2D eigenvalue weighted by atomic mass is 35.5. The van der Waals surface area contributed by atoms with E-state index in [0.29, 0.717) is 12.5 Å². The summed E-state index contributed by atoms with van der Waals surface area (Å²) in [6.45, 7) is 6.57. The molecular formula is C15H25ClN2O. The number of hydrogen-bond acceptors (Lipinski definition) is 2. The van der Waals surface area contributed by atoms with Crippen LogP contribution in [-0.4, -0.2) is 18.5 Å². The Labute approximate surface area is 122 Å². The number of nitrogens with two attached hydrogens (primary N) is 1. The molecule has 0 radical (unpaired) electrons. The lowest BCUT2D eigenvalue weighted by molar-refractivity contribution is -0.126. The largest absolute Gasteiger partial charge is 0.352 e. The van der Waals surface area contributed by atoms with Crippen LogP contribution in [0.4, 0.5) is 0 Å². The first-order valence-electron chi connectivity index (χ1n) is 6.59. The molecule has 0 aliphatic rings. The van der Waals surface area contributed by atoms with Gasteiger partial charge in [0.15, 0.2) is 0 Å². The molecule has 1 rings (SSSR count). The zero-order valence-corrected chi connectivity index (χ0v) is 12.7. The van der Waals surface area contributed by atoms with Crippen LogP contribution in [-0.2, 0) is 11.2 Å². The minimum atomic E-state index is 0. The molecule has 3 nitrogen and oxygen atoms in total. The summed E-state index contributed by atoms with van der Waals surface area (Å²) in [6.07, 6.45) is 0.779. The van der Waals surface area contributed by atoms with E-state index in [2.05, 4.69) is 31.3 Å². The molecule has 19 heavy (non-hydrogen) atoms. The van der Waals surface area contributed by atoms with Gasteiger partial charge in [-0.3, -0.25) is 4.79 Å². The molecule has 0 fully saturated rings. The first-order valence-corrected chi connectivity index (χ1v) is 6.59. The molecule has 1 aromatic carbocycles. The monoisotopic (exact) mass is 284 g/mol. The minimum absolute atomic E-state index is 0. The van der Waals surface area contributed by atoms with Gasteiger partial charge >= 0.3 is 0 Å². The standard InChI is InChI=1S/C15H24N2O.ClH/c1-11(2)14(15(18)17-12(3)10-16)9-13-7-5-4-6-8-13;/h4-8,11-12,14H,9-10,16H2,1-3H3,(H,17,18);1H/t12-,14?;/m0./s1. The molecule has 0 saturated heterocycles. The fourth-order valence-corrected chi connectivity index (χ4v) is 1.91. The van der Waals surface area contributed by atoms with Crippen LogP contribution < -0.4 is 11.1 Å². The van der Waals surface area contributed by atoms with Crippen molar-refractivity contribution in [1.29, 1.82) is 0 Å². The van der Waals surface area contributed by atoms with Crippen LogP contribution in [0.25, 0.3) is 0 Å². The third-order valence-corrected chi connectivity index (χ3v) is 3.18. The fraction of sp³-hybridized carbons (Fsp3) is 0.533. The number of nitrogens with one attached hydrogen (secondary N) is 1. The predicted molar refractivity (Wildman–Crippen MR) is 82.4 cm³/mol. The van der Waals surface area contributed by atoms with E-state index in [4.69, 9.17) is 5.73 Å². The van der Waals surface area contributed by atoms with Crippen molar-refractivity contribution in [2.75, 3.05) is 6.54 Å². The Bertz CT molecular complexity index is 368. The molecule has 1 amide bonds. The van der Waals surface area contributed by atoms with Gasteiger partial charge in [0.05, 0.1) is 0 Å². The Morgan fingerprint density at radius 1 is 1.21 bits per heavy atom. The summed E-state index contributed by atoms with van der Waals surface area (Å²) in [6, 6.07) is 10.2. The van der Waals surface area contributed by atoms with Crippen molar-refractivity contribution in [1.82, 2.24) is 5.32 Å². The van der Waals surface area contributed by atoms with E-state index in [0.717, 1.165) is 6.42 Å². The third-order valence-electron chi connectivity index (χ3n) is 3.18. The van der Waals surface area contributed by atoms with E-state index in [9.17, 15) is 4.79 Å². The topological polar surface area (TPSA) is 55.1 Å². The van der Waals surface area contributed by atoms with Gasteiger partial charge in [0.1, 0.15) is 0 Å². The first-order chi connectivity index (χ1) is 8.54. The van der Waals surface area contributed by atoms with Gasteiger partial charge in [-0.2, -0.15) is 0 Å². The van der Waals surface area contributed by atoms with Crippen LogP contribution in [0.3, 0.4) is 0 Å². The smallest absolute Gasteiger partial charge is 0.223 e. The number of hydrogen-bond donors (Lipinski definition) is 2. The van der Waals surface area contributed by atoms with Gasteiger partial charge in [-0.1, -0.05) is 44.2 Å². The Hall–Kier alpha value is -1.06. The summed E-state index contributed by atoms with van der Waals surface area (Å²) in [7, 11) is 0. The highest BCUT2D eigenvalue weighted by molar-refractivity contribution is 5.85. The van der Waals surface area contributed by atoms with Gasteiger partial charge in [0.2, 0.25) is 5.91 Å². The van der Waals surface area contributed by atoms with Crippen LogP contribution in [0, 0.1) is 11.8 Å². The summed E-state index contributed by atoms with van der Waals surface area (Å²) in [5, 5.41) is 2.97. The SMILES string of the molecule is CC(C)C(Cc1ccccc1)C(=O)N[C@@H](C)CN.Cl. The molecule has 108 valence electrons. The van der Waals surface area contributed by atoms with Crippen LogP contribution in [0.15, 0.2) is 30.3 Å². The maximum atomic E-state index is 12.2. The Balaban J connectivity index is 0.00000324. The molecule has 0 aromatic heterocycles. The van der Waals surface area contributed by atoms with Crippen molar-refractivity contribution in [3.63, 3.8) is 0 Å². The highest BCUT2D eigenvalue weighted by Crippen LogP contribution is 2.17. The van der Waals surface area contributed by atoms with Crippen LogP contribution in [0.5, 0.6) is 0 Å². The Morgan fingerprint density at radius 2 is 1.79 bits per heavy atom. The number of amides is 1. The first kappa shape index (κ1) is 17.9. The lowest BCUT2D eigenvalue weighted by Crippen LogP contribution is -2.43. The average Bonchev–Trinajstić information content (AvgIpc) is 2.36. The molecule has 0 spiro atoms. The van der Waals surface area contributed by atoms with E-state index < -0.39 is 0 Å². The normalized spacial score (nSPS) is 13.5. The average molecular weight is 285 g/mol. The maximum absolute atomic E-state index is 12.2. The maximum Gasteiger partial charge on any atom is 0.223 e. The summed E-state index contributed by atoms with van der Waals surface area (Å²) < 4.78 is 0. The molecule has 1 unspecified atom stereocenters. The zero-order valence-electron chi connectivity index (χ0n) is 11.9. The molecular weight excluding hydrogens is 260 g/mol. The Morgan fingerprint density at radius 3 is 2.26 bits per heavy atom. The van der Waals surface area contributed by atoms with Crippen LogP contribution in [0.2, 0.25) is 0 Å². The van der Waals surface area contributed by atoms with Crippen LogP contribution >= 0.6 is 12.4 Å². The molecule has 3 N–H and O–H groups in total. The summed E-state index contributed by atoms with van der Waals surface area (Å²) in [5.74, 6) is 0.420. The molecule has 0 aliphatic heterocycles. The van der Waals surface area contributed by atoms with Crippen LogP contribution in [0.1, 0.15) is 26.3 Å². The molecule has 2 atom stereocenters. The van der Waals surface area contributed by atoms with E-state index in [-0.39, 0.29) is 30.3 Å². The van der Waals surface area contributed by atoms with Gasteiger partial charge in [-0.15, -0.1) is 12.4 Å². The van der Waals surface area contributed by atoms with Gasteiger partial charge in [-0.05, 0) is 24.8 Å². The molecule has 0 bridgehead atoms. The lowest BCUT2D eigenvalue weighted by Gasteiger charge is -2.22. The Kier molecular flexibility index (Phi) is 8.44. The van der Waals surface area contributed by atoms with Gasteiger partial charge in [0, 0.05) is 18.5 Å². The molecule has 0 saturated carbocycles. The van der Waals surface area contributed by atoms with Crippen molar-refractivity contribution in [3.05, 3.63) is 35.9 Å². The van der Waals surface area contributed by atoms with Crippen molar-refractivity contribution in [3.8, 4) is 0 Å². The van der Waals surface area contributed by atoms with Crippen molar-refractivity contribution >= 4 is 18.3 Å². The van der Waals surface area contributed by atoms with E-state index >= 15 is 0 Å². The van der Waals surface area contributed by atoms with Gasteiger partial charge in [-0.25, -0.2) is 0 Å². The number of carbonyl (C=O) groups excluding carboxylic acids is 1. The predicted octanol–water partition coefficient (Wildman–Crippen LogP) is 2.39. The summed E-state index contributed by atoms with van der Waals surface area (Å²) in [4.78, 5) is 12.2. The fourth-order valence-electron chi connectivity index (χ4n) is 1.91. The molecule has 4 heteroatoms. The van der Waals surface area contributed by atoms with E-state index in [1.54, 1.807) is 0 Å². The zero-order chi connectivity index (χ0) is 13.5. The van der Waals surface area contributed by atoms with Gasteiger partial charge in [0.25, 0.3) is 0 Å². The highest BCUT2D eigenvalue weighted by Gasteiger charge is 2.23. The van der Waals surface area contributed by atoms with Crippen molar-refractivity contribution in [2.24, 2.45) is 17.6 Å². The quantitative estimate of drug-likeness (QED) is 0.843. The van der Waals surface area contributed by atoms with E-state index in [1.807, 2.05) is 25.1 Å². The summed E-state index contributed by atoms with van der Waals surface area (Å²) >= 11 is 0. The number of carbonyl (C=O) groups is 1. The number of halogens is 1. The molecule has 0 heterocycles. The molecule has 0 aliphatic carbocycles. The lowest BCUT2D eigenvalue weighted by atomic mass is 9.88. The number of benzene rings is 1. The molecule has 1 aromatic rings. The van der Waals surface area contributed by atoms with Gasteiger partial charge < -0.3 is 11.1 Å². The minimum Gasteiger partial charge on any atom is -0.352 e. The second-order valence-electron chi connectivity index (χ2n) is 5.19. The van der Waals surface area contributed by atoms with Crippen molar-refractivity contribution < 1.29 is 4.79 Å².